The summed E-state index contributed by atoms with van der Waals surface area (Å²) in [6.45, 7) is 0. The molecule has 2 aromatic carbocycles. The minimum absolute atomic E-state index is 0.249. The number of carbonyl (C=O) groups excluding carboxylic acids is 2. The Morgan fingerprint density at radius 3 is 2.69 bits per heavy atom. The lowest BCUT2D eigenvalue weighted by molar-refractivity contribution is 0.0601. The highest BCUT2D eigenvalue weighted by Crippen LogP contribution is 2.39. The third kappa shape index (κ3) is 3.00. The maximum atomic E-state index is 13.0. The van der Waals surface area contributed by atoms with Gasteiger partial charge in [-0.1, -0.05) is 18.2 Å². The molecule has 0 atom stereocenters. The van der Waals surface area contributed by atoms with Crippen LogP contribution in [-0.4, -0.2) is 19.0 Å². The maximum Gasteiger partial charge on any atom is 0.341 e. The number of ether oxygens (including phenoxy) is 1. The van der Waals surface area contributed by atoms with Crippen LogP contribution in [0.2, 0.25) is 0 Å². The summed E-state index contributed by atoms with van der Waals surface area (Å²) in [5.41, 5.74) is 3.59. The van der Waals surface area contributed by atoms with Gasteiger partial charge in [-0.15, -0.1) is 11.3 Å². The minimum atomic E-state index is -0.393. The van der Waals surface area contributed by atoms with E-state index in [4.69, 9.17) is 9.15 Å². The molecule has 5 nitrogen and oxygen atoms in total. The highest BCUT2D eigenvalue weighted by atomic mass is 32.1. The summed E-state index contributed by atoms with van der Waals surface area (Å²) in [5, 5.41) is 5.39. The van der Waals surface area contributed by atoms with Gasteiger partial charge >= 0.3 is 5.97 Å². The van der Waals surface area contributed by atoms with Gasteiger partial charge in [0.25, 0.3) is 5.91 Å². The van der Waals surface area contributed by atoms with E-state index in [1.54, 1.807) is 6.07 Å². The van der Waals surface area contributed by atoms with Gasteiger partial charge in [-0.05, 0) is 55.5 Å². The molecule has 0 radical (unpaired) electrons. The number of thiophene rings is 1. The standard InChI is InChI=1S/C23H19NO4S/c1-27-23(26)20-15-7-3-5-9-19(15)29-22(20)24-21(25)13-10-11-18-16(12-13)14-6-2-4-8-17(14)28-18/h2,4,6,8,10-12H,3,5,7,9H2,1H3,(H,24,25). The van der Waals surface area contributed by atoms with Crippen LogP contribution in [0.25, 0.3) is 21.9 Å². The van der Waals surface area contributed by atoms with Crippen LogP contribution < -0.4 is 5.32 Å². The molecule has 0 saturated heterocycles. The summed E-state index contributed by atoms with van der Waals surface area (Å²) in [6, 6.07) is 13.1. The third-order valence-corrected chi connectivity index (χ3v) is 6.63. The molecule has 1 aliphatic rings. The number of furan rings is 1. The zero-order valence-electron chi connectivity index (χ0n) is 15.9. The molecule has 1 aliphatic carbocycles. The summed E-state index contributed by atoms with van der Waals surface area (Å²) in [4.78, 5) is 26.6. The second-order valence-electron chi connectivity index (χ2n) is 7.17. The molecule has 2 aromatic heterocycles. The lowest BCUT2D eigenvalue weighted by atomic mass is 9.95. The Bertz CT molecular complexity index is 1270. The van der Waals surface area contributed by atoms with Gasteiger partial charge in [-0.25, -0.2) is 4.79 Å². The SMILES string of the molecule is COC(=O)c1c(NC(=O)c2ccc3oc4ccccc4c3c2)sc2c1CCCC2. The first-order valence-electron chi connectivity index (χ1n) is 9.61. The topological polar surface area (TPSA) is 68.5 Å². The molecule has 4 aromatic rings. The molecule has 29 heavy (non-hydrogen) atoms. The lowest BCUT2D eigenvalue weighted by Gasteiger charge is -2.11. The van der Waals surface area contributed by atoms with Crippen molar-refractivity contribution in [3.63, 3.8) is 0 Å². The summed E-state index contributed by atoms with van der Waals surface area (Å²) in [7, 11) is 1.37. The van der Waals surface area contributed by atoms with Gasteiger partial charge in [0.05, 0.1) is 12.7 Å². The normalized spacial score (nSPS) is 13.4. The van der Waals surface area contributed by atoms with Crippen molar-refractivity contribution in [3.05, 3.63) is 64.0 Å². The van der Waals surface area contributed by atoms with E-state index in [0.29, 0.717) is 16.1 Å². The van der Waals surface area contributed by atoms with Crippen molar-refractivity contribution in [1.29, 1.82) is 0 Å². The average Bonchev–Trinajstić information content (AvgIpc) is 3.30. The molecule has 146 valence electrons. The van der Waals surface area contributed by atoms with Gasteiger partial charge in [0.2, 0.25) is 0 Å². The van der Waals surface area contributed by atoms with Crippen molar-refractivity contribution in [3.8, 4) is 0 Å². The van der Waals surface area contributed by atoms with Gasteiger partial charge < -0.3 is 14.5 Å². The first-order chi connectivity index (χ1) is 14.2. The molecule has 1 amide bonds. The fourth-order valence-electron chi connectivity index (χ4n) is 4.01. The van der Waals surface area contributed by atoms with Gasteiger partial charge in [0.1, 0.15) is 16.2 Å². The third-order valence-electron chi connectivity index (χ3n) is 5.43. The van der Waals surface area contributed by atoms with Crippen LogP contribution in [0.15, 0.2) is 46.9 Å². The quantitative estimate of drug-likeness (QED) is 0.453. The van der Waals surface area contributed by atoms with Crippen LogP contribution in [-0.2, 0) is 17.6 Å². The molecule has 0 aliphatic heterocycles. The van der Waals surface area contributed by atoms with E-state index in [0.717, 1.165) is 53.2 Å². The number of para-hydroxylation sites is 1. The van der Waals surface area contributed by atoms with E-state index < -0.39 is 5.97 Å². The average molecular weight is 405 g/mol. The second-order valence-corrected chi connectivity index (χ2v) is 8.28. The van der Waals surface area contributed by atoms with Crippen molar-refractivity contribution in [1.82, 2.24) is 0 Å². The molecule has 0 bridgehead atoms. The number of fused-ring (bicyclic) bond motifs is 4. The van der Waals surface area contributed by atoms with Crippen LogP contribution in [0.1, 0.15) is 44.0 Å². The predicted molar refractivity (Wildman–Crippen MR) is 114 cm³/mol. The molecule has 0 fully saturated rings. The number of amides is 1. The zero-order chi connectivity index (χ0) is 20.0. The van der Waals surface area contributed by atoms with Gasteiger partial charge in [0, 0.05) is 21.2 Å². The molecular weight excluding hydrogens is 386 g/mol. The Balaban J connectivity index is 1.53. The summed E-state index contributed by atoms with van der Waals surface area (Å²) >= 11 is 1.49. The Morgan fingerprint density at radius 2 is 1.83 bits per heavy atom. The number of hydrogen-bond acceptors (Lipinski definition) is 5. The maximum absolute atomic E-state index is 13.0. The van der Waals surface area contributed by atoms with E-state index in [2.05, 4.69) is 5.32 Å². The predicted octanol–water partition coefficient (Wildman–Crippen LogP) is 5.57. The fourth-order valence-corrected chi connectivity index (χ4v) is 5.29. The highest BCUT2D eigenvalue weighted by Gasteiger charge is 2.27. The lowest BCUT2D eigenvalue weighted by Crippen LogP contribution is -2.15. The monoisotopic (exact) mass is 405 g/mol. The Kier molecular flexibility index (Phi) is 4.36. The van der Waals surface area contributed by atoms with Crippen LogP contribution in [0.5, 0.6) is 0 Å². The van der Waals surface area contributed by atoms with Crippen LogP contribution in [0.4, 0.5) is 5.00 Å². The molecule has 5 rings (SSSR count). The van der Waals surface area contributed by atoms with Crippen LogP contribution >= 0.6 is 11.3 Å². The Morgan fingerprint density at radius 1 is 1.03 bits per heavy atom. The molecule has 2 heterocycles. The minimum Gasteiger partial charge on any atom is -0.465 e. The largest absolute Gasteiger partial charge is 0.465 e. The molecule has 6 heteroatoms. The number of aryl methyl sites for hydroxylation is 1. The van der Waals surface area contributed by atoms with Crippen molar-refractivity contribution in [2.75, 3.05) is 12.4 Å². The van der Waals surface area contributed by atoms with Gasteiger partial charge in [-0.3, -0.25) is 4.79 Å². The number of hydrogen-bond donors (Lipinski definition) is 1. The van der Waals surface area contributed by atoms with E-state index in [-0.39, 0.29) is 5.91 Å². The molecular formula is C23H19NO4S. The number of rotatable bonds is 3. The van der Waals surface area contributed by atoms with E-state index in [1.807, 2.05) is 36.4 Å². The number of methoxy groups -OCH3 is 1. The van der Waals surface area contributed by atoms with Crippen molar-refractivity contribution >= 4 is 50.2 Å². The molecule has 0 saturated carbocycles. The Hall–Kier alpha value is -3.12. The van der Waals surface area contributed by atoms with Gasteiger partial charge in [0.15, 0.2) is 0 Å². The molecule has 0 unspecified atom stereocenters. The Labute approximate surface area is 171 Å². The highest BCUT2D eigenvalue weighted by molar-refractivity contribution is 7.17. The summed E-state index contributed by atoms with van der Waals surface area (Å²) in [5.74, 6) is -0.642. The summed E-state index contributed by atoms with van der Waals surface area (Å²) < 4.78 is 10.8. The van der Waals surface area contributed by atoms with Gasteiger partial charge in [-0.2, -0.15) is 0 Å². The van der Waals surface area contributed by atoms with Crippen LogP contribution in [0, 0.1) is 0 Å². The smallest absolute Gasteiger partial charge is 0.341 e. The number of carbonyl (C=O) groups is 2. The number of anilines is 1. The fraction of sp³-hybridized carbons (Fsp3) is 0.217. The second kappa shape index (κ2) is 7.04. The van der Waals surface area contributed by atoms with Crippen molar-refractivity contribution in [2.45, 2.75) is 25.7 Å². The first kappa shape index (κ1) is 17.9. The summed E-state index contributed by atoms with van der Waals surface area (Å²) in [6.07, 6.45) is 3.93. The van der Waals surface area contributed by atoms with E-state index >= 15 is 0 Å². The molecule has 1 N–H and O–H groups in total. The van der Waals surface area contributed by atoms with Crippen molar-refractivity contribution in [2.24, 2.45) is 0 Å². The molecule has 0 spiro atoms. The van der Waals surface area contributed by atoms with E-state index in [1.165, 1.54) is 23.3 Å². The van der Waals surface area contributed by atoms with Crippen LogP contribution in [0.3, 0.4) is 0 Å². The first-order valence-corrected chi connectivity index (χ1v) is 10.4. The zero-order valence-corrected chi connectivity index (χ0v) is 16.7. The van der Waals surface area contributed by atoms with E-state index in [9.17, 15) is 9.59 Å². The number of nitrogens with one attached hydrogen (secondary N) is 1. The number of benzene rings is 2. The number of esters is 1. The van der Waals surface area contributed by atoms with Crippen molar-refractivity contribution < 1.29 is 18.7 Å².